The highest BCUT2D eigenvalue weighted by Gasteiger charge is 2.50. The number of hydrogen-bond donors (Lipinski definition) is 1. The van der Waals surface area contributed by atoms with E-state index in [4.69, 9.17) is 0 Å². The maximum Gasteiger partial charge on any atom is 0.511 e. The minimum atomic E-state index is -5.22. The molecule has 124 valence electrons. The largest absolute Gasteiger partial charge is 0.511 e. The maximum atomic E-state index is 12.4. The summed E-state index contributed by atoms with van der Waals surface area (Å²) in [4.78, 5) is 5.83. The SMILES string of the molecule is CN=C(NCC1CCN(S(=O)(=O)C(F)(F)F)CC1)N(C)C. The molecule has 0 radical (unpaired) electrons. The van der Waals surface area contributed by atoms with Gasteiger partial charge in [0.2, 0.25) is 0 Å². The molecular formula is C11H21F3N4O2S. The van der Waals surface area contributed by atoms with E-state index in [0.717, 1.165) is 0 Å². The molecule has 0 aromatic carbocycles. The molecule has 21 heavy (non-hydrogen) atoms. The monoisotopic (exact) mass is 330 g/mol. The zero-order chi connectivity index (χ0) is 16.3. The molecule has 1 aliphatic rings. The van der Waals surface area contributed by atoms with Gasteiger partial charge in [-0.05, 0) is 18.8 Å². The Balaban J connectivity index is 2.50. The Morgan fingerprint density at radius 3 is 2.24 bits per heavy atom. The average molecular weight is 330 g/mol. The highest BCUT2D eigenvalue weighted by atomic mass is 32.2. The standard InChI is InChI=1S/C11H21F3N4O2S/c1-15-10(17(2)3)16-8-9-4-6-18(7-5-9)21(19,20)11(12,13)14/h9H,4-8H2,1-3H3,(H,15,16). The lowest BCUT2D eigenvalue weighted by molar-refractivity contribution is -0.0496. The Morgan fingerprint density at radius 2 is 1.86 bits per heavy atom. The summed E-state index contributed by atoms with van der Waals surface area (Å²) in [6.45, 7) is 0.355. The molecule has 0 amide bonds. The predicted octanol–water partition coefficient (Wildman–Crippen LogP) is 0.685. The molecule has 0 spiro atoms. The fourth-order valence-electron chi connectivity index (χ4n) is 2.17. The lowest BCUT2D eigenvalue weighted by Gasteiger charge is -2.32. The van der Waals surface area contributed by atoms with Gasteiger partial charge in [-0.3, -0.25) is 4.99 Å². The van der Waals surface area contributed by atoms with Crippen LogP contribution in [0.3, 0.4) is 0 Å². The van der Waals surface area contributed by atoms with E-state index < -0.39 is 15.5 Å². The van der Waals surface area contributed by atoms with E-state index in [1.54, 1.807) is 11.9 Å². The van der Waals surface area contributed by atoms with Crippen LogP contribution in [0.15, 0.2) is 4.99 Å². The van der Waals surface area contributed by atoms with Crippen LogP contribution in [0.1, 0.15) is 12.8 Å². The fourth-order valence-corrected chi connectivity index (χ4v) is 3.16. The van der Waals surface area contributed by atoms with E-state index >= 15 is 0 Å². The third-order valence-electron chi connectivity index (χ3n) is 3.39. The second kappa shape index (κ2) is 6.82. The van der Waals surface area contributed by atoms with Gasteiger partial charge in [0.15, 0.2) is 5.96 Å². The number of rotatable bonds is 3. The molecule has 0 aliphatic carbocycles. The van der Waals surface area contributed by atoms with Crippen molar-refractivity contribution in [2.75, 3.05) is 40.8 Å². The number of piperidine rings is 1. The lowest BCUT2D eigenvalue weighted by Crippen LogP contribution is -2.47. The molecule has 1 N–H and O–H groups in total. The van der Waals surface area contributed by atoms with Gasteiger partial charge in [-0.25, -0.2) is 8.42 Å². The third-order valence-corrected chi connectivity index (χ3v) is 5.02. The Bertz CT molecular complexity index is 468. The van der Waals surface area contributed by atoms with Crippen LogP contribution in [0.25, 0.3) is 0 Å². The normalized spacial score (nSPS) is 19.6. The van der Waals surface area contributed by atoms with E-state index in [1.807, 2.05) is 14.1 Å². The molecule has 0 saturated carbocycles. The van der Waals surface area contributed by atoms with Crippen LogP contribution in [-0.2, 0) is 10.0 Å². The van der Waals surface area contributed by atoms with Gasteiger partial charge in [0, 0.05) is 40.8 Å². The van der Waals surface area contributed by atoms with Gasteiger partial charge in [-0.1, -0.05) is 0 Å². The van der Waals surface area contributed by atoms with Crippen molar-refractivity contribution in [3.8, 4) is 0 Å². The van der Waals surface area contributed by atoms with Crippen LogP contribution >= 0.6 is 0 Å². The molecule has 1 heterocycles. The van der Waals surface area contributed by atoms with Crippen LogP contribution in [0.4, 0.5) is 13.2 Å². The van der Waals surface area contributed by atoms with Gasteiger partial charge < -0.3 is 10.2 Å². The Labute approximate surface area is 123 Å². The Hall–Kier alpha value is -1.03. The molecule has 0 bridgehead atoms. The molecule has 1 rings (SSSR count). The van der Waals surface area contributed by atoms with Crippen LogP contribution in [0, 0.1) is 5.92 Å². The van der Waals surface area contributed by atoms with Gasteiger partial charge in [-0.15, -0.1) is 0 Å². The lowest BCUT2D eigenvalue weighted by atomic mass is 9.98. The van der Waals surface area contributed by atoms with Crippen LogP contribution < -0.4 is 5.32 Å². The number of alkyl halides is 3. The third kappa shape index (κ3) is 4.47. The molecule has 1 fully saturated rings. The molecule has 10 heteroatoms. The molecule has 1 aliphatic heterocycles. The summed E-state index contributed by atoms with van der Waals surface area (Å²) in [6.07, 6.45) is 0.791. The van der Waals surface area contributed by atoms with Gasteiger partial charge in [0.25, 0.3) is 0 Å². The predicted molar refractivity (Wildman–Crippen MR) is 74.3 cm³/mol. The number of sulfonamides is 1. The van der Waals surface area contributed by atoms with E-state index in [1.165, 1.54) is 0 Å². The summed E-state index contributed by atoms with van der Waals surface area (Å²) in [5.41, 5.74) is -5.22. The summed E-state index contributed by atoms with van der Waals surface area (Å²) >= 11 is 0. The topological polar surface area (TPSA) is 65.0 Å². The average Bonchev–Trinajstić information content (AvgIpc) is 2.38. The minimum Gasteiger partial charge on any atom is -0.356 e. The van der Waals surface area contributed by atoms with Gasteiger partial charge in [0.05, 0.1) is 0 Å². The first kappa shape index (κ1) is 18.0. The van der Waals surface area contributed by atoms with Gasteiger partial charge in [-0.2, -0.15) is 17.5 Å². The summed E-state index contributed by atoms with van der Waals surface area (Å²) in [6, 6.07) is 0. The summed E-state index contributed by atoms with van der Waals surface area (Å²) in [5.74, 6) is 0.807. The zero-order valence-electron chi connectivity index (χ0n) is 12.3. The van der Waals surface area contributed by atoms with Crippen LogP contribution in [-0.4, -0.2) is 69.9 Å². The van der Waals surface area contributed by atoms with Crippen molar-refractivity contribution in [2.45, 2.75) is 18.3 Å². The molecular weight excluding hydrogens is 309 g/mol. The van der Waals surface area contributed by atoms with Crippen molar-refractivity contribution in [1.29, 1.82) is 0 Å². The number of nitrogens with zero attached hydrogens (tertiary/aromatic N) is 3. The van der Waals surface area contributed by atoms with Crippen molar-refractivity contribution in [2.24, 2.45) is 10.9 Å². The second-order valence-electron chi connectivity index (χ2n) is 5.12. The van der Waals surface area contributed by atoms with E-state index in [9.17, 15) is 21.6 Å². The fraction of sp³-hybridized carbons (Fsp3) is 0.909. The first-order valence-corrected chi connectivity index (χ1v) is 7.98. The van der Waals surface area contributed by atoms with Crippen molar-refractivity contribution >= 4 is 16.0 Å². The highest BCUT2D eigenvalue weighted by molar-refractivity contribution is 7.90. The molecule has 1 saturated heterocycles. The van der Waals surface area contributed by atoms with Crippen molar-refractivity contribution in [3.63, 3.8) is 0 Å². The molecule has 0 aromatic rings. The molecule has 0 atom stereocenters. The quantitative estimate of drug-likeness (QED) is 0.611. The van der Waals surface area contributed by atoms with Crippen LogP contribution in [0.2, 0.25) is 0 Å². The van der Waals surface area contributed by atoms with Gasteiger partial charge >= 0.3 is 15.5 Å². The van der Waals surface area contributed by atoms with Crippen molar-refractivity contribution in [1.82, 2.24) is 14.5 Å². The second-order valence-corrected chi connectivity index (χ2v) is 7.05. The Morgan fingerprint density at radius 1 is 1.33 bits per heavy atom. The molecule has 0 aromatic heterocycles. The zero-order valence-corrected chi connectivity index (χ0v) is 13.1. The first-order valence-electron chi connectivity index (χ1n) is 6.54. The maximum absolute atomic E-state index is 12.4. The molecule has 6 nitrogen and oxygen atoms in total. The van der Waals surface area contributed by atoms with Crippen LogP contribution in [0.5, 0.6) is 0 Å². The van der Waals surface area contributed by atoms with E-state index in [0.29, 0.717) is 29.7 Å². The van der Waals surface area contributed by atoms with E-state index in [2.05, 4.69) is 10.3 Å². The summed E-state index contributed by atoms with van der Waals surface area (Å²) < 4.78 is 60.4. The smallest absolute Gasteiger partial charge is 0.356 e. The Kier molecular flexibility index (Phi) is 5.85. The number of halogens is 3. The van der Waals surface area contributed by atoms with Gasteiger partial charge in [0.1, 0.15) is 0 Å². The van der Waals surface area contributed by atoms with E-state index in [-0.39, 0.29) is 19.0 Å². The summed E-state index contributed by atoms with van der Waals surface area (Å²) in [7, 11) is 0.103. The number of hydrogen-bond acceptors (Lipinski definition) is 3. The molecule has 0 unspecified atom stereocenters. The summed E-state index contributed by atoms with van der Waals surface area (Å²) in [5, 5.41) is 3.11. The minimum absolute atomic E-state index is 0.102. The highest BCUT2D eigenvalue weighted by Crippen LogP contribution is 2.30. The van der Waals surface area contributed by atoms with Crippen molar-refractivity contribution < 1.29 is 21.6 Å². The number of guanidine groups is 1. The number of aliphatic imine (C=N–C) groups is 1. The number of nitrogens with one attached hydrogen (secondary N) is 1. The van der Waals surface area contributed by atoms with Crippen molar-refractivity contribution in [3.05, 3.63) is 0 Å². The first-order chi connectivity index (χ1) is 9.59.